The highest BCUT2D eigenvalue weighted by atomic mass is 32.4. The monoisotopic (exact) mass is 336 g/mol. The maximum atomic E-state index is 5.00. The molecule has 0 aliphatic heterocycles. The molecule has 23 heavy (non-hydrogen) atoms. The van der Waals surface area contributed by atoms with Gasteiger partial charge in [-0.1, -0.05) is 48.8 Å². The van der Waals surface area contributed by atoms with Crippen LogP contribution in [0.5, 0.6) is 0 Å². The highest BCUT2D eigenvalue weighted by molar-refractivity contribution is 8.09. The summed E-state index contributed by atoms with van der Waals surface area (Å²) in [7, 11) is 3.03. The van der Waals surface area contributed by atoms with Crippen LogP contribution in [-0.2, 0) is 25.4 Å². The van der Waals surface area contributed by atoms with Crippen molar-refractivity contribution >= 4 is 31.5 Å². The Morgan fingerprint density at radius 2 is 1.43 bits per heavy atom. The lowest BCUT2D eigenvalue weighted by Crippen LogP contribution is -2.33. The number of hydrogen-bond donors (Lipinski definition) is 0. The van der Waals surface area contributed by atoms with E-state index in [1.54, 1.807) is 0 Å². The van der Waals surface area contributed by atoms with Crippen LogP contribution in [-0.4, -0.2) is 7.00 Å². The van der Waals surface area contributed by atoms with Gasteiger partial charge in [-0.15, -0.1) is 0 Å². The normalized spacial score (nSPS) is 10.7. The third kappa shape index (κ3) is 4.31. The second kappa shape index (κ2) is 7.58. The van der Waals surface area contributed by atoms with Crippen LogP contribution in [0, 0.1) is 0 Å². The van der Waals surface area contributed by atoms with Crippen LogP contribution < -0.4 is 14.6 Å². The minimum atomic E-state index is 0.885. The van der Waals surface area contributed by atoms with Gasteiger partial charge < -0.3 is 0 Å². The zero-order chi connectivity index (χ0) is 16.1. The fourth-order valence-corrected chi connectivity index (χ4v) is 3.29. The van der Waals surface area contributed by atoms with E-state index in [2.05, 4.69) is 77.9 Å². The fraction of sp³-hybridized carbons (Fsp3) is 0.111. The zero-order valence-corrected chi connectivity index (χ0v) is 14.8. The van der Waals surface area contributed by atoms with Gasteiger partial charge >= 0.3 is 0 Å². The van der Waals surface area contributed by atoms with Crippen molar-refractivity contribution in [2.45, 2.75) is 6.54 Å². The number of benzene rings is 1. The van der Waals surface area contributed by atoms with E-state index in [1.165, 1.54) is 22.2 Å². The van der Waals surface area contributed by atoms with E-state index in [-0.39, 0.29) is 0 Å². The van der Waals surface area contributed by atoms with E-state index in [9.17, 15) is 0 Å². The number of aromatic nitrogens is 2. The summed E-state index contributed by atoms with van der Waals surface area (Å²) < 4.78 is 4.24. The van der Waals surface area contributed by atoms with Gasteiger partial charge in [-0.3, -0.25) is 0 Å². The third-order valence-corrected chi connectivity index (χ3v) is 4.72. The van der Waals surface area contributed by atoms with Gasteiger partial charge in [0.25, 0.3) is 0 Å². The van der Waals surface area contributed by atoms with Gasteiger partial charge in [-0.05, 0) is 11.1 Å². The molecule has 0 aliphatic rings. The van der Waals surface area contributed by atoms with Crippen molar-refractivity contribution in [2.75, 3.05) is 0 Å². The summed E-state index contributed by atoms with van der Waals surface area (Å²) in [5, 5.41) is 0. The van der Waals surface area contributed by atoms with Crippen LogP contribution >= 0.6 is 7.23 Å². The smallest absolute Gasteiger partial charge is 0.208 e. The Labute approximate surface area is 144 Å². The molecular weight excluding hydrogens is 318 g/mol. The maximum Gasteiger partial charge on any atom is 0.232 e. The summed E-state index contributed by atoms with van der Waals surface area (Å²) in [5.74, 6) is 0. The topological polar surface area (TPSA) is 7.76 Å². The molecule has 3 rings (SSSR count). The Bertz CT molecular complexity index is 787. The molecule has 0 fully saturated rings. The van der Waals surface area contributed by atoms with Crippen LogP contribution in [0.2, 0.25) is 0 Å². The van der Waals surface area contributed by atoms with Gasteiger partial charge in [-0.25, -0.2) is 9.13 Å². The van der Waals surface area contributed by atoms with Gasteiger partial charge in [-0.2, -0.15) is 0 Å². The molecule has 2 aromatic heterocycles. The van der Waals surface area contributed by atoms with Gasteiger partial charge in [0.1, 0.15) is 7.05 Å². The van der Waals surface area contributed by atoms with E-state index in [0.29, 0.717) is 0 Å². The predicted octanol–water partition coefficient (Wildman–Crippen LogP) is 1.90. The first-order valence-corrected chi connectivity index (χ1v) is 9.65. The highest BCUT2D eigenvalue weighted by Gasteiger charge is 2.05. The van der Waals surface area contributed by atoms with Crippen molar-refractivity contribution in [3.8, 4) is 11.1 Å². The van der Waals surface area contributed by atoms with Crippen molar-refractivity contribution in [1.29, 1.82) is 0 Å². The molecule has 0 unspecified atom stereocenters. The van der Waals surface area contributed by atoms with Gasteiger partial charge in [0, 0.05) is 29.8 Å². The maximum absolute atomic E-state index is 5.00. The number of hydrogen-bond acceptors (Lipinski definition) is 1. The summed E-state index contributed by atoms with van der Waals surface area (Å²) in [6, 6.07) is 17.3. The lowest BCUT2D eigenvalue weighted by molar-refractivity contribution is -0.688. The molecule has 2 heterocycles. The van der Waals surface area contributed by atoms with E-state index in [1.807, 2.05) is 11.6 Å². The predicted molar refractivity (Wildman–Crippen MR) is 99.9 cm³/mol. The Balaban J connectivity index is 1.72. The summed E-state index contributed by atoms with van der Waals surface area (Å²) in [5.41, 5.74) is 5.09. The second-order valence-electron chi connectivity index (χ2n) is 5.62. The summed E-state index contributed by atoms with van der Waals surface area (Å²) in [6.07, 6.45) is 8.41. The first-order valence-electron chi connectivity index (χ1n) is 7.56. The molecule has 2 nitrogen and oxygen atoms in total. The summed E-state index contributed by atoms with van der Waals surface area (Å²) in [6.45, 7) is 1.84. The van der Waals surface area contributed by atoms with Gasteiger partial charge in [0.15, 0.2) is 31.3 Å². The van der Waals surface area contributed by atoms with Crippen LogP contribution in [0.1, 0.15) is 5.56 Å². The van der Waals surface area contributed by atoms with E-state index >= 15 is 0 Å². The number of aryl methyl sites for hydroxylation is 1. The zero-order valence-electron chi connectivity index (χ0n) is 13.1. The lowest BCUT2D eigenvalue weighted by Gasteiger charge is -2.02. The number of pyridine rings is 2. The first-order chi connectivity index (χ1) is 11.2. The van der Waals surface area contributed by atoms with E-state index in [4.69, 9.17) is 11.8 Å². The van der Waals surface area contributed by atoms with Crippen LogP contribution in [0.25, 0.3) is 11.1 Å². The molecule has 112 valence electrons. The lowest BCUT2D eigenvalue weighted by atomic mass is 9.93. The Kier molecular flexibility index (Phi) is 5.27. The van der Waals surface area contributed by atoms with Crippen molar-refractivity contribution in [2.24, 2.45) is 7.05 Å². The Morgan fingerprint density at radius 1 is 0.870 bits per heavy atom. The molecule has 0 saturated heterocycles. The van der Waals surface area contributed by atoms with E-state index in [0.717, 1.165) is 20.8 Å². The van der Waals surface area contributed by atoms with Crippen molar-refractivity contribution in [3.63, 3.8) is 0 Å². The van der Waals surface area contributed by atoms with Gasteiger partial charge in [0.2, 0.25) is 7.00 Å². The molecule has 0 amide bonds. The van der Waals surface area contributed by atoms with Crippen molar-refractivity contribution < 1.29 is 9.13 Å². The van der Waals surface area contributed by atoms with Crippen LogP contribution in [0.4, 0.5) is 0 Å². The van der Waals surface area contributed by atoms with Crippen molar-refractivity contribution in [1.82, 2.24) is 0 Å². The number of nitrogens with zero attached hydrogens (tertiary/aromatic N) is 2. The SMILES string of the molecule is C[n+]1ccc(-c2cc[n+](Cc3ccc(BP=S)cc3)cc2)cc1. The number of rotatable bonds is 5. The second-order valence-corrected chi connectivity index (χ2v) is 6.96. The van der Waals surface area contributed by atoms with Crippen molar-refractivity contribution in [3.05, 3.63) is 78.9 Å². The summed E-state index contributed by atoms with van der Waals surface area (Å²) >= 11 is 5.00. The minimum absolute atomic E-state index is 0.885. The molecular formula is C18H18BN2PS+2. The largest absolute Gasteiger partial charge is 0.232 e. The molecule has 0 saturated carbocycles. The molecule has 0 spiro atoms. The average molecular weight is 336 g/mol. The molecule has 5 heteroatoms. The molecule has 0 bridgehead atoms. The molecule has 0 atom stereocenters. The molecule has 0 N–H and O–H groups in total. The van der Waals surface area contributed by atoms with Crippen LogP contribution in [0.3, 0.4) is 0 Å². The quantitative estimate of drug-likeness (QED) is 0.392. The molecule has 3 aromatic rings. The first kappa shape index (κ1) is 16.0. The summed E-state index contributed by atoms with van der Waals surface area (Å²) in [4.78, 5) is 0. The fourth-order valence-electron chi connectivity index (χ4n) is 2.48. The molecule has 0 radical (unpaired) electrons. The van der Waals surface area contributed by atoms with Gasteiger partial charge in [0.05, 0.1) is 0 Å². The standard InChI is InChI=1S/C18H18BN2PS/c1-20-10-6-16(7-11-20)17-8-12-21(13-9-17)14-15-2-4-18(5-3-15)19-22-23/h2-13,19H,14H2,1H3/q+2. The van der Waals surface area contributed by atoms with E-state index < -0.39 is 0 Å². The molecule has 0 aliphatic carbocycles. The Hall–Kier alpha value is -1.90. The minimum Gasteiger partial charge on any atom is -0.208 e. The van der Waals surface area contributed by atoms with Crippen LogP contribution in [0.15, 0.2) is 73.3 Å². The Morgan fingerprint density at radius 3 is 2.00 bits per heavy atom. The highest BCUT2D eigenvalue weighted by Crippen LogP contribution is 2.15. The molecule has 1 aromatic carbocycles. The average Bonchev–Trinajstić information content (AvgIpc) is 2.58. The third-order valence-electron chi connectivity index (χ3n) is 3.84.